The molecule has 3 amide bonds. The van der Waals surface area contributed by atoms with E-state index in [1.807, 2.05) is 6.07 Å². The fourth-order valence-corrected chi connectivity index (χ4v) is 6.41. The molecule has 2 aromatic rings. The Kier molecular flexibility index (Phi) is 4.62. The van der Waals surface area contributed by atoms with Gasteiger partial charge in [0.2, 0.25) is 11.8 Å². The van der Waals surface area contributed by atoms with Gasteiger partial charge in [0.15, 0.2) is 0 Å². The lowest BCUT2D eigenvalue weighted by atomic mass is 9.74. The monoisotopic (exact) mass is 451 g/mol. The first-order valence-electron chi connectivity index (χ1n) is 11.2. The fraction of sp³-hybridized carbons (Fsp3) is 0.458. The molecule has 0 saturated carbocycles. The smallest absolute Gasteiger partial charge is 0.255 e. The van der Waals surface area contributed by atoms with Crippen molar-refractivity contribution in [3.63, 3.8) is 0 Å². The Morgan fingerprint density at radius 3 is 2.75 bits per heavy atom. The highest BCUT2D eigenvalue weighted by molar-refractivity contribution is 7.09. The molecule has 5 heterocycles. The lowest BCUT2D eigenvalue weighted by Gasteiger charge is -2.38. The van der Waals surface area contributed by atoms with E-state index in [2.05, 4.69) is 33.8 Å². The Labute approximate surface area is 190 Å². The maximum absolute atomic E-state index is 13.1. The molecule has 166 valence electrons. The Bertz CT molecular complexity index is 1100. The number of carbonyl (C=O) groups excluding carboxylic acids is 3. The fourth-order valence-electron chi connectivity index (χ4n) is 5.66. The lowest BCUT2D eigenvalue weighted by Crippen LogP contribution is -2.52. The number of likely N-dealkylation sites (tertiary alicyclic amines) is 1. The van der Waals surface area contributed by atoms with Crippen LogP contribution in [-0.4, -0.2) is 53.3 Å². The summed E-state index contributed by atoms with van der Waals surface area (Å²) in [4.78, 5) is 42.5. The number of thiophene rings is 1. The van der Waals surface area contributed by atoms with E-state index in [9.17, 15) is 14.4 Å². The second kappa shape index (κ2) is 7.42. The first kappa shape index (κ1) is 19.9. The molecule has 2 saturated heterocycles. The Balaban J connectivity index is 1.22. The van der Waals surface area contributed by atoms with Gasteiger partial charge in [-0.25, -0.2) is 0 Å². The number of ether oxygens (including phenoxy) is 1. The van der Waals surface area contributed by atoms with E-state index in [-0.39, 0.29) is 29.6 Å². The highest BCUT2D eigenvalue weighted by Gasteiger charge is 2.47. The molecule has 8 heteroatoms. The minimum Gasteiger partial charge on any atom is -0.492 e. The number of piperidine rings is 2. The third-order valence-electron chi connectivity index (χ3n) is 7.50. The zero-order valence-corrected chi connectivity index (χ0v) is 18.6. The molecule has 6 rings (SSSR count). The van der Waals surface area contributed by atoms with Gasteiger partial charge < -0.3 is 9.64 Å². The van der Waals surface area contributed by atoms with Crippen LogP contribution in [0.2, 0.25) is 0 Å². The van der Waals surface area contributed by atoms with E-state index >= 15 is 0 Å². The zero-order chi connectivity index (χ0) is 21.9. The largest absolute Gasteiger partial charge is 0.492 e. The summed E-state index contributed by atoms with van der Waals surface area (Å²) in [5.74, 6) is 0.0477. The van der Waals surface area contributed by atoms with E-state index in [0.717, 1.165) is 43.8 Å². The van der Waals surface area contributed by atoms with Gasteiger partial charge in [-0.3, -0.25) is 24.6 Å². The topological polar surface area (TPSA) is 79.0 Å². The second-order valence-electron chi connectivity index (χ2n) is 9.29. The molecule has 2 fully saturated rings. The summed E-state index contributed by atoms with van der Waals surface area (Å²) in [6, 6.07) is 7.68. The predicted octanol–water partition coefficient (Wildman–Crippen LogP) is 2.44. The van der Waals surface area contributed by atoms with E-state index in [1.54, 1.807) is 16.2 Å². The van der Waals surface area contributed by atoms with Gasteiger partial charge in [-0.1, -0.05) is 12.1 Å². The Hall–Kier alpha value is -2.71. The van der Waals surface area contributed by atoms with E-state index in [0.29, 0.717) is 25.1 Å². The molecule has 1 atom stereocenters. The van der Waals surface area contributed by atoms with Crippen LogP contribution in [0.1, 0.15) is 52.0 Å². The average molecular weight is 452 g/mol. The summed E-state index contributed by atoms with van der Waals surface area (Å²) in [6.07, 6.45) is 2.71. The van der Waals surface area contributed by atoms with Gasteiger partial charge in [0, 0.05) is 39.9 Å². The van der Waals surface area contributed by atoms with Crippen molar-refractivity contribution < 1.29 is 19.1 Å². The van der Waals surface area contributed by atoms with E-state index < -0.39 is 6.04 Å². The van der Waals surface area contributed by atoms with Gasteiger partial charge in [0.25, 0.3) is 5.91 Å². The maximum Gasteiger partial charge on any atom is 0.255 e. The molecule has 0 radical (unpaired) electrons. The van der Waals surface area contributed by atoms with Crippen LogP contribution < -0.4 is 10.1 Å². The molecule has 0 bridgehead atoms. The van der Waals surface area contributed by atoms with Crippen molar-refractivity contribution in [2.75, 3.05) is 19.7 Å². The number of nitrogens with one attached hydrogen (secondary N) is 1. The number of nitrogens with zero attached hydrogens (tertiary/aromatic N) is 2. The number of fused-ring (bicyclic) bond motifs is 4. The van der Waals surface area contributed by atoms with Gasteiger partial charge in [0.05, 0.1) is 13.2 Å². The quantitative estimate of drug-likeness (QED) is 0.726. The van der Waals surface area contributed by atoms with Crippen molar-refractivity contribution in [3.05, 3.63) is 51.2 Å². The van der Waals surface area contributed by atoms with Crippen LogP contribution in [0.3, 0.4) is 0 Å². The van der Waals surface area contributed by atoms with Crippen LogP contribution in [0, 0.1) is 0 Å². The highest BCUT2D eigenvalue weighted by atomic mass is 32.1. The normalized spacial score (nSPS) is 24.4. The maximum atomic E-state index is 13.1. The van der Waals surface area contributed by atoms with Crippen molar-refractivity contribution in [2.45, 2.75) is 50.2 Å². The first-order chi connectivity index (χ1) is 15.5. The second-order valence-corrected chi connectivity index (χ2v) is 10.3. The molecule has 32 heavy (non-hydrogen) atoms. The molecule has 1 unspecified atom stereocenters. The predicted molar refractivity (Wildman–Crippen MR) is 118 cm³/mol. The number of hydrogen-bond acceptors (Lipinski definition) is 6. The number of rotatable bonds is 3. The molecule has 4 aliphatic heterocycles. The van der Waals surface area contributed by atoms with Crippen molar-refractivity contribution in [3.8, 4) is 5.75 Å². The van der Waals surface area contributed by atoms with Crippen LogP contribution in [0.15, 0.2) is 29.6 Å². The summed E-state index contributed by atoms with van der Waals surface area (Å²) in [5.41, 5.74) is 2.74. The van der Waals surface area contributed by atoms with Gasteiger partial charge in [0.1, 0.15) is 11.8 Å². The number of amides is 3. The van der Waals surface area contributed by atoms with E-state index in [1.165, 1.54) is 10.4 Å². The van der Waals surface area contributed by atoms with Crippen LogP contribution in [0.25, 0.3) is 0 Å². The third-order valence-corrected chi connectivity index (χ3v) is 8.36. The molecule has 1 N–H and O–H groups in total. The molecule has 0 aliphatic carbocycles. The van der Waals surface area contributed by atoms with Crippen molar-refractivity contribution >= 4 is 29.1 Å². The number of imide groups is 1. The molecule has 1 aromatic carbocycles. The minimum atomic E-state index is -0.598. The molecule has 4 aliphatic rings. The van der Waals surface area contributed by atoms with Crippen LogP contribution in [0.4, 0.5) is 0 Å². The number of hydrogen-bond donors (Lipinski definition) is 1. The Morgan fingerprint density at radius 1 is 1.16 bits per heavy atom. The van der Waals surface area contributed by atoms with Gasteiger partial charge in [-0.15, -0.1) is 11.3 Å². The summed E-state index contributed by atoms with van der Waals surface area (Å²) >= 11 is 1.80. The molecule has 1 spiro atoms. The summed E-state index contributed by atoms with van der Waals surface area (Å²) in [7, 11) is 0. The molecule has 7 nitrogen and oxygen atoms in total. The summed E-state index contributed by atoms with van der Waals surface area (Å²) in [5, 5.41) is 4.49. The van der Waals surface area contributed by atoms with Crippen molar-refractivity contribution in [1.29, 1.82) is 0 Å². The van der Waals surface area contributed by atoms with Gasteiger partial charge in [-0.2, -0.15) is 0 Å². The number of benzene rings is 1. The Morgan fingerprint density at radius 2 is 2.00 bits per heavy atom. The third kappa shape index (κ3) is 3.08. The van der Waals surface area contributed by atoms with E-state index in [4.69, 9.17) is 4.74 Å². The first-order valence-corrected chi connectivity index (χ1v) is 12.1. The van der Waals surface area contributed by atoms with Gasteiger partial charge in [-0.05, 0) is 49.9 Å². The summed E-state index contributed by atoms with van der Waals surface area (Å²) < 4.78 is 6.25. The number of carbonyl (C=O) groups is 3. The average Bonchev–Trinajstić information content (AvgIpc) is 3.50. The standard InChI is InChI=1S/C24H25N3O4S/c28-20-6-5-19(22(29)25-20)27-13-17-16(23(27)30)3-4-18-21(17)31-14-24(18)7-9-26(10-8-24)12-15-2-1-11-32-15/h1-4,11,19H,5-10,12-14H2,(H,25,28,29). The summed E-state index contributed by atoms with van der Waals surface area (Å²) in [6.45, 7) is 4.07. The highest BCUT2D eigenvalue weighted by Crippen LogP contribution is 2.49. The lowest BCUT2D eigenvalue weighted by molar-refractivity contribution is -0.136. The van der Waals surface area contributed by atoms with Crippen molar-refractivity contribution in [1.82, 2.24) is 15.1 Å². The van der Waals surface area contributed by atoms with Gasteiger partial charge >= 0.3 is 0 Å². The minimum absolute atomic E-state index is 0.00140. The van der Waals surface area contributed by atoms with Crippen LogP contribution >= 0.6 is 11.3 Å². The SMILES string of the molecule is O=C1CCC(N2Cc3c(ccc4c3OCC43CCN(Cc4cccs4)CC3)C2=O)C(=O)N1. The van der Waals surface area contributed by atoms with Crippen LogP contribution in [-0.2, 0) is 28.1 Å². The molecular formula is C24H25N3O4S. The van der Waals surface area contributed by atoms with Crippen LogP contribution in [0.5, 0.6) is 5.75 Å². The zero-order valence-electron chi connectivity index (χ0n) is 17.8. The molecule has 1 aromatic heterocycles. The molecular weight excluding hydrogens is 426 g/mol. The van der Waals surface area contributed by atoms with Crippen molar-refractivity contribution in [2.24, 2.45) is 0 Å².